The molecule has 31 heavy (non-hydrogen) atoms. The van der Waals surface area contributed by atoms with E-state index in [9.17, 15) is 14.7 Å². The van der Waals surface area contributed by atoms with E-state index in [0.29, 0.717) is 23.7 Å². The molecule has 0 saturated heterocycles. The van der Waals surface area contributed by atoms with E-state index in [1.54, 1.807) is 0 Å². The van der Waals surface area contributed by atoms with E-state index in [-0.39, 0.29) is 29.3 Å². The Morgan fingerprint density at radius 1 is 0.903 bits per heavy atom. The first-order valence-electron chi connectivity index (χ1n) is 13.0. The monoisotopic (exact) mass is 431 g/mol. The summed E-state index contributed by atoms with van der Waals surface area (Å²) in [6, 6.07) is 0.195. The van der Waals surface area contributed by atoms with Crippen LogP contribution < -0.4 is 0 Å². The molecule has 4 heteroatoms. The van der Waals surface area contributed by atoms with Crippen LogP contribution in [-0.2, 0) is 9.59 Å². The van der Waals surface area contributed by atoms with Crippen LogP contribution >= 0.6 is 0 Å². The van der Waals surface area contributed by atoms with Crippen LogP contribution in [0.1, 0.15) is 99.3 Å². The molecule has 4 saturated carbocycles. The van der Waals surface area contributed by atoms with Crippen molar-refractivity contribution in [3.05, 3.63) is 0 Å². The fraction of sp³-hybridized carbons (Fsp3) is 0.926. The third-order valence-electron chi connectivity index (χ3n) is 10.5. The Bertz CT molecular complexity index is 709. The van der Waals surface area contributed by atoms with E-state index in [2.05, 4.69) is 41.5 Å². The number of hydrogen-bond donors (Lipinski definition) is 1. The van der Waals surface area contributed by atoms with E-state index in [1.165, 1.54) is 38.5 Å². The van der Waals surface area contributed by atoms with Crippen molar-refractivity contribution in [3.63, 3.8) is 0 Å². The first kappa shape index (κ1) is 23.1. The van der Waals surface area contributed by atoms with Crippen molar-refractivity contribution in [1.29, 1.82) is 0 Å². The van der Waals surface area contributed by atoms with Crippen LogP contribution in [0.4, 0.5) is 0 Å². The molecule has 1 amide bonds. The highest BCUT2D eigenvalue weighted by molar-refractivity contribution is 5.85. The van der Waals surface area contributed by atoms with Crippen LogP contribution in [0, 0.1) is 46.3 Å². The second-order valence-electron chi connectivity index (χ2n) is 12.7. The van der Waals surface area contributed by atoms with Crippen LogP contribution in [0.2, 0.25) is 0 Å². The van der Waals surface area contributed by atoms with Gasteiger partial charge in [0, 0.05) is 12.1 Å². The summed E-state index contributed by atoms with van der Waals surface area (Å²) >= 11 is 0. The van der Waals surface area contributed by atoms with Crippen LogP contribution in [0.3, 0.4) is 0 Å². The molecule has 0 spiro atoms. The van der Waals surface area contributed by atoms with E-state index in [1.807, 2.05) is 4.90 Å². The quantitative estimate of drug-likeness (QED) is 0.594. The summed E-state index contributed by atoms with van der Waals surface area (Å²) in [6.07, 6.45) is 10.7. The van der Waals surface area contributed by atoms with Crippen LogP contribution in [0.5, 0.6) is 0 Å². The van der Waals surface area contributed by atoms with Crippen molar-refractivity contribution in [1.82, 2.24) is 4.90 Å². The van der Waals surface area contributed by atoms with Gasteiger partial charge in [-0.1, -0.05) is 20.3 Å². The number of amides is 1. The first-order chi connectivity index (χ1) is 14.5. The number of carboxylic acids is 1. The molecular weight excluding hydrogens is 386 g/mol. The van der Waals surface area contributed by atoms with Crippen molar-refractivity contribution in [3.8, 4) is 0 Å². The lowest BCUT2D eigenvalue weighted by molar-refractivity contribution is -0.169. The Hall–Kier alpha value is -1.06. The number of carbonyl (C=O) groups is 2. The lowest BCUT2D eigenvalue weighted by Crippen LogP contribution is -2.57. The predicted octanol–water partition coefficient (Wildman–Crippen LogP) is 5.99. The molecule has 1 N–H and O–H groups in total. The molecule has 3 unspecified atom stereocenters. The summed E-state index contributed by atoms with van der Waals surface area (Å²) in [5, 5.41) is 10.1. The van der Waals surface area contributed by atoms with Crippen molar-refractivity contribution in [2.75, 3.05) is 0 Å². The van der Waals surface area contributed by atoms with Gasteiger partial charge in [-0.2, -0.15) is 0 Å². The van der Waals surface area contributed by atoms with Gasteiger partial charge in [0.1, 0.15) is 0 Å². The van der Waals surface area contributed by atoms with Crippen molar-refractivity contribution < 1.29 is 14.7 Å². The molecule has 0 radical (unpaired) electrons. The van der Waals surface area contributed by atoms with Gasteiger partial charge in [0.15, 0.2) is 0 Å². The molecule has 0 aromatic carbocycles. The van der Waals surface area contributed by atoms with Crippen LogP contribution in [-0.4, -0.2) is 34.0 Å². The maximum Gasteiger partial charge on any atom is 0.307 e. The molecule has 0 bridgehead atoms. The number of carboxylic acid groups (broad SMARTS) is 1. The summed E-state index contributed by atoms with van der Waals surface area (Å²) in [4.78, 5) is 28.0. The lowest BCUT2D eigenvalue weighted by atomic mass is 9.43. The molecule has 8 atom stereocenters. The molecule has 4 nitrogen and oxygen atoms in total. The van der Waals surface area contributed by atoms with Gasteiger partial charge in [-0.05, 0) is 114 Å². The van der Waals surface area contributed by atoms with Gasteiger partial charge < -0.3 is 10.0 Å². The fourth-order valence-corrected chi connectivity index (χ4v) is 9.15. The SMILES string of the molecule is CC(C)N(C(=O)C1C[C@@]2(C)C(CC[C@@H]3[C@H]2CC[C@]2(C)CCC[C@@H]32)CC1C(=O)O)C(C)C. The van der Waals surface area contributed by atoms with Gasteiger partial charge >= 0.3 is 5.97 Å². The highest BCUT2D eigenvalue weighted by atomic mass is 16.4. The molecule has 176 valence electrons. The zero-order valence-electron chi connectivity index (χ0n) is 20.7. The zero-order chi connectivity index (χ0) is 22.7. The van der Waals surface area contributed by atoms with Crippen LogP contribution in [0.15, 0.2) is 0 Å². The summed E-state index contributed by atoms with van der Waals surface area (Å²) in [7, 11) is 0. The molecular formula is C27H45NO3. The largest absolute Gasteiger partial charge is 0.481 e. The Labute approximate surface area is 189 Å². The minimum Gasteiger partial charge on any atom is -0.481 e. The highest BCUT2D eigenvalue weighted by Crippen LogP contribution is 2.67. The zero-order valence-corrected chi connectivity index (χ0v) is 20.7. The Kier molecular flexibility index (Phi) is 6.01. The van der Waals surface area contributed by atoms with Crippen molar-refractivity contribution in [2.45, 2.75) is 111 Å². The number of fused-ring (bicyclic) bond motifs is 5. The third-order valence-corrected chi connectivity index (χ3v) is 10.5. The van der Waals surface area contributed by atoms with Gasteiger partial charge in [0.25, 0.3) is 0 Å². The van der Waals surface area contributed by atoms with Crippen LogP contribution in [0.25, 0.3) is 0 Å². The Morgan fingerprint density at radius 3 is 2.19 bits per heavy atom. The molecule has 4 aliphatic carbocycles. The van der Waals surface area contributed by atoms with Gasteiger partial charge in [-0.25, -0.2) is 0 Å². The van der Waals surface area contributed by atoms with Gasteiger partial charge in [0.2, 0.25) is 5.91 Å². The van der Waals surface area contributed by atoms with E-state index in [4.69, 9.17) is 0 Å². The molecule has 0 aromatic rings. The minimum absolute atomic E-state index is 0.0840. The molecule has 0 aromatic heterocycles. The molecule has 4 rings (SSSR count). The number of carbonyl (C=O) groups excluding carboxylic acids is 1. The van der Waals surface area contributed by atoms with Crippen molar-refractivity contribution in [2.24, 2.45) is 46.3 Å². The molecule has 4 fully saturated rings. The van der Waals surface area contributed by atoms with E-state index in [0.717, 1.165) is 24.7 Å². The summed E-state index contributed by atoms with van der Waals surface area (Å²) in [6.45, 7) is 13.2. The summed E-state index contributed by atoms with van der Waals surface area (Å²) in [5.74, 6) is 1.17. The smallest absolute Gasteiger partial charge is 0.307 e. The normalized spacial score (nSPS) is 44.5. The average Bonchev–Trinajstić information content (AvgIpc) is 3.07. The minimum atomic E-state index is -0.762. The Balaban J connectivity index is 1.65. The highest BCUT2D eigenvalue weighted by Gasteiger charge is 2.60. The van der Waals surface area contributed by atoms with Gasteiger partial charge in [-0.3, -0.25) is 9.59 Å². The Morgan fingerprint density at radius 2 is 1.58 bits per heavy atom. The molecule has 0 heterocycles. The number of rotatable bonds is 4. The number of hydrogen-bond acceptors (Lipinski definition) is 2. The van der Waals surface area contributed by atoms with E-state index >= 15 is 0 Å². The van der Waals surface area contributed by atoms with Crippen molar-refractivity contribution >= 4 is 11.9 Å². The van der Waals surface area contributed by atoms with E-state index < -0.39 is 11.9 Å². The summed E-state index contributed by atoms with van der Waals surface area (Å²) < 4.78 is 0. The number of nitrogens with zero attached hydrogens (tertiary/aromatic N) is 1. The topological polar surface area (TPSA) is 57.6 Å². The van der Waals surface area contributed by atoms with Gasteiger partial charge in [-0.15, -0.1) is 0 Å². The fourth-order valence-electron chi connectivity index (χ4n) is 9.15. The third kappa shape index (κ3) is 3.64. The molecule has 0 aliphatic heterocycles. The summed E-state index contributed by atoms with van der Waals surface area (Å²) in [5.41, 5.74) is 0.642. The number of aliphatic carboxylic acids is 1. The maximum absolute atomic E-state index is 13.8. The average molecular weight is 432 g/mol. The molecule has 4 aliphatic rings. The first-order valence-corrected chi connectivity index (χ1v) is 13.0. The maximum atomic E-state index is 13.8. The lowest BCUT2D eigenvalue weighted by Gasteiger charge is -2.61. The predicted molar refractivity (Wildman–Crippen MR) is 123 cm³/mol. The van der Waals surface area contributed by atoms with Gasteiger partial charge in [0.05, 0.1) is 11.8 Å². The second kappa shape index (κ2) is 8.06. The standard InChI is InChI=1S/C27H45NO3/c1-16(2)28(17(3)4)24(29)21-15-27(6)18(14-20(21)25(30)31)9-10-19-22-8-7-12-26(22,5)13-11-23(19)27/h16-23H,7-15H2,1-6H3,(H,30,31)/t18?,19-,20?,21?,22-,23+,26-,27-/m0/s1. The second-order valence-corrected chi connectivity index (χ2v) is 12.7.